The Morgan fingerprint density at radius 2 is 1.65 bits per heavy atom. The first kappa shape index (κ1) is 18.0. The molecule has 1 aliphatic rings. The number of nitrogens with zero attached hydrogens (tertiary/aromatic N) is 1. The second kappa shape index (κ2) is 8.38. The van der Waals surface area contributed by atoms with Crippen LogP contribution < -0.4 is 5.32 Å². The van der Waals surface area contributed by atoms with Crippen molar-refractivity contribution >= 4 is 0 Å². The minimum absolute atomic E-state index is 0.501. The summed E-state index contributed by atoms with van der Waals surface area (Å²) in [6.45, 7) is 14.4. The molecule has 0 radical (unpaired) electrons. The molecule has 0 aromatic carbocycles. The Kier molecular flexibility index (Phi) is 7.53. The van der Waals surface area contributed by atoms with E-state index in [4.69, 9.17) is 0 Å². The minimum atomic E-state index is 0.501. The summed E-state index contributed by atoms with van der Waals surface area (Å²) in [4.78, 5) is 2.76. The van der Waals surface area contributed by atoms with Crippen LogP contribution in [0.5, 0.6) is 0 Å². The average Bonchev–Trinajstić information content (AvgIpc) is 2.46. The quantitative estimate of drug-likeness (QED) is 0.714. The Hall–Kier alpha value is -0.0800. The van der Waals surface area contributed by atoms with E-state index in [1.807, 2.05) is 0 Å². The zero-order valence-corrected chi connectivity index (χ0v) is 14.8. The SMILES string of the molecule is CCCN(CCC)C1CC(C(C)(C)CC)CCC1NC. The summed E-state index contributed by atoms with van der Waals surface area (Å²) in [5.41, 5.74) is 0.501. The van der Waals surface area contributed by atoms with Crippen molar-refractivity contribution in [2.75, 3.05) is 20.1 Å². The fraction of sp³-hybridized carbons (Fsp3) is 1.00. The fourth-order valence-electron chi connectivity index (χ4n) is 3.90. The van der Waals surface area contributed by atoms with Gasteiger partial charge in [0.25, 0.3) is 0 Å². The highest BCUT2D eigenvalue weighted by Gasteiger charge is 2.38. The van der Waals surface area contributed by atoms with E-state index in [0.29, 0.717) is 11.5 Å². The molecule has 0 amide bonds. The molecule has 0 bridgehead atoms. The van der Waals surface area contributed by atoms with Crippen LogP contribution in [0.25, 0.3) is 0 Å². The summed E-state index contributed by atoms with van der Waals surface area (Å²) in [6, 6.07) is 1.43. The second-order valence-electron chi connectivity index (χ2n) is 7.35. The molecule has 0 saturated heterocycles. The van der Waals surface area contributed by atoms with Gasteiger partial charge in [-0.3, -0.25) is 4.90 Å². The van der Waals surface area contributed by atoms with Gasteiger partial charge in [-0.1, -0.05) is 41.0 Å². The van der Waals surface area contributed by atoms with Gasteiger partial charge in [-0.05, 0) is 63.6 Å². The van der Waals surface area contributed by atoms with E-state index >= 15 is 0 Å². The van der Waals surface area contributed by atoms with Crippen molar-refractivity contribution in [2.45, 2.75) is 85.2 Å². The molecule has 0 aliphatic heterocycles. The Morgan fingerprint density at radius 3 is 2.10 bits per heavy atom. The lowest BCUT2D eigenvalue weighted by atomic mass is 9.67. The molecule has 3 unspecified atom stereocenters. The van der Waals surface area contributed by atoms with Gasteiger partial charge in [0, 0.05) is 12.1 Å². The van der Waals surface area contributed by atoms with Gasteiger partial charge in [-0.15, -0.1) is 0 Å². The van der Waals surface area contributed by atoms with Crippen LogP contribution in [0.2, 0.25) is 0 Å². The van der Waals surface area contributed by atoms with Gasteiger partial charge in [0.2, 0.25) is 0 Å². The number of hydrogen-bond donors (Lipinski definition) is 1. The van der Waals surface area contributed by atoms with Crippen molar-refractivity contribution in [3.63, 3.8) is 0 Å². The smallest absolute Gasteiger partial charge is 0.0252 e. The molecule has 1 fully saturated rings. The molecule has 1 aliphatic carbocycles. The van der Waals surface area contributed by atoms with E-state index in [9.17, 15) is 0 Å². The first-order chi connectivity index (χ1) is 9.50. The van der Waals surface area contributed by atoms with Crippen LogP contribution in [-0.4, -0.2) is 37.1 Å². The van der Waals surface area contributed by atoms with Gasteiger partial charge in [0.1, 0.15) is 0 Å². The molecule has 1 rings (SSSR count). The largest absolute Gasteiger partial charge is 0.315 e. The van der Waals surface area contributed by atoms with Crippen molar-refractivity contribution in [1.82, 2.24) is 10.2 Å². The van der Waals surface area contributed by atoms with E-state index < -0.39 is 0 Å². The number of hydrogen-bond acceptors (Lipinski definition) is 2. The number of rotatable bonds is 8. The Bertz CT molecular complexity index is 256. The van der Waals surface area contributed by atoms with Crippen LogP contribution in [-0.2, 0) is 0 Å². The van der Waals surface area contributed by atoms with Gasteiger partial charge < -0.3 is 5.32 Å². The third-order valence-electron chi connectivity index (χ3n) is 5.69. The Morgan fingerprint density at radius 1 is 1.05 bits per heavy atom. The molecule has 3 atom stereocenters. The highest BCUT2D eigenvalue weighted by molar-refractivity contribution is 4.94. The number of likely N-dealkylation sites (N-methyl/N-ethyl adjacent to an activating group) is 1. The van der Waals surface area contributed by atoms with Crippen LogP contribution in [0.1, 0.15) is 73.1 Å². The minimum Gasteiger partial charge on any atom is -0.315 e. The summed E-state index contributed by atoms with van der Waals surface area (Å²) < 4.78 is 0. The zero-order valence-electron chi connectivity index (χ0n) is 14.8. The molecule has 1 saturated carbocycles. The first-order valence-electron chi connectivity index (χ1n) is 8.91. The highest BCUT2D eigenvalue weighted by atomic mass is 15.2. The summed E-state index contributed by atoms with van der Waals surface area (Å²) in [5, 5.41) is 3.60. The van der Waals surface area contributed by atoms with Crippen molar-refractivity contribution in [2.24, 2.45) is 11.3 Å². The normalized spacial score (nSPS) is 28.1. The van der Waals surface area contributed by atoms with E-state index in [1.165, 1.54) is 51.6 Å². The average molecular weight is 283 g/mol. The maximum absolute atomic E-state index is 3.60. The molecule has 0 heterocycles. The van der Waals surface area contributed by atoms with Crippen LogP contribution in [0.4, 0.5) is 0 Å². The summed E-state index contributed by atoms with van der Waals surface area (Å²) in [5.74, 6) is 0.887. The maximum atomic E-state index is 3.60. The molecule has 120 valence electrons. The molecule has 2 nitrogen and oxygen atoms in total. The summed E-state index contributed by atoms with van der Waals surface area (Å²) >= 11 is 0. The molecular weight excluding hydrogens is 244 g/mol. The molecule has 20 heavy (non-hydrogen) atoms. The van der Waals surface area contributed by atoms with Gasteiger partial charge in [-0.2, -0.15) is 0 Å². The fourth-order valence-corrected chi connectivity index (χ4v) is 3.90. The standard InChI is InChI=1S/C18H38N2/c1-7-12-20(13-8-2)17-14-15(18(4,5)9-3)10-11-16(17)19-6/h15-17,19H,7-14H2,1-6H3. The van der Waals surface area contributed by atoms with E-state index in [-0.39, 0.29) is 0 Å². The van der Waals surface area contributed by atoms with Crippen molar-refractivity contribution in [3.8, 4) is 0 Å². The first-order valence-corrected chi connectivity index (χ1v) is 8.91. The third-order valence-corrected chi connectivity index (χ3v) is 5.69. The summed E-state index contributed by atoms with van der Waals surface area (Å²) in [6.07, 6.45) is 7.97. The molecular formula is C18H38N2. The lowest BCUT2D eigenvalue weighted by Gasteiger charge is -2.47. The molecule has 1 N–H and O–H groups in total. The van der Waals surface area contributed by atoms with Gasteiger partial charge in [-0.25, -0.2) is 0 Å². The predicted octanol–water partition coefficient (Wildman–Crippen LogP) is 4.30. The predicted molar refractivity (Wildman–Crippen MR) is 90.2 cm³/mol. The lowest BCUT2D eigenvalue weighted by Crippen LogP contribution is -2.54. The van der Waals surface area contributed by atoms with E-state index in [0.717, 1.165) is 12.0 Å². The third kappa shape index (κ3) is 4.46. The van der Waals surface area contributed by atoms with Gasteiger partial charge >= 0.3 is 0 Å². The van der Waals surface area contributed by atoms with Crippen molar-refractivity contribution in [3.05, 3.63) is 0 Å². The van der Waals surface area contributed by atoms with Gasteiger partial charge in [0.15, 0.2) is 0 Å². The van der Waals surface area contributed by atoms with Crippen LogP contribution in [0, 0.1) is 11.3 Å². The molecule has 0 spiro atoms. The topological polar surface area (TPSA) is 15.3 Å². The Labute approximate surface area is 127 Å². The maximum Gasteiger partial charge on any atom is 0.0252 e. The van der Waals surface area contributed by atoms with Crippen LogP contribution in [0.3, 0.4) is 0 Å². The summed E-state index contributed by atoms with van der Waals surface area (Å²) in [7, 11) is 2.15. The number of nitrogens with one attached hydrogen (secondary N) is 1. The lowest BCUT2D eigenvalue weighted by molar-refractivity contribution is 0.0516. The highest BCUT2D eigenvalue weighted by Crippen LogP contribution is 2.41. The van der Waals surface area contributed by atoms with E-state index in [2.05, 4.69) is 51.9 Å². The molecule has 0 aromatic heterocycles. The van der Waals surface area contributed by atoms with E-state index in [1.54, 1.807) is 0 Å². The van der Waals surface area contributed by atoms with Crippen molar-refractivity contribution in [1.29, 1.82) is 0 Å². The van der Waals surface area contributed by atoms with Crippen LogP contribution >= 0.6 is 0 Å². The van der Waals surface area contributed by atoms with Crippen LogP contribution in [0.15, 0.2) is 0 Å². The molecule has 2 heteroatoms. The second-order valence-corrected chi connectivity index (χ2v) is 7.35. The monoisotopic (exact) mass is 282 g/mol. The molecule has 0 aromatic rings. The Balaban J connectivity index is 2.80. The van der Waals surface area contributed by atoms with Crippen molar-refractivity contribution < 1.29 is 0 Å². The van der Waals surface area contributed by atoms with Gasteiger partial charge in [0.05, 0.1) is 0 Å². The zero-order chi connectivity index (χ0) is 15.2.